The quantitative estimate of drug-likeness (QED) is 0.736. The molecule has 1 heterocycles. The van der Waals surface area contributed by atoms with Crippen molar-refractivity contribution in [2.75, 3.05) is 7.05 Å². The van der Waals surface area contributed by atoms with E-state index in [4.69, 9.17) is 0 Å². The summed E-state index contributed by atoms with van der Waals surface area (Å²) >= 11 is 1.02. The lowest BCUT2D eigenvalue weighted by molar-refractivity contribution is 0.399. The van der Waals surface area contributed by atoms with E-state index >= 15 is 0 Å². The van der Waals surface area contributed by atoms with Gasteiger partial charge in [-0.2, -0.15) is 13.1 Å². The minimum atomic E-state index is -3.65. The molecule has 0 saturated carbocycles. The van der Waals surface area contributed by atoms with Crippen LogP contribution in [0.25, 0.3) is 11.0 Å². The number of rotatable bonds is 4. The van der Waals surface area contributed by atoms with Crippen molar-refractivity contribution < 1.29 is 8.42 Å². The Morgan fingerprint density at radius 2 is 1.77 bits per heavy atom. The number of hydrogen-bond acceptors (Lipinski definition) is 5. The fraction of sp³-hybridized carbons (Fsp3) is 0.200. The maximum atomic E-state index is 12.9. The predicted molar refractivity (Wildman–Crippen MR) is 87.2 cm³/mol. The highest BCUT2D eigenvalue weighted by Crippen LogP contribution is 2.29. The molecule has 2 aromatic carbocycles. The topological polar surface area (TPSA) is 63.2 Å². The molecule has 7 heteroatoms. The van der Waals surface area contributed by atoms with E-state index in [1.165, 1.54) is 4.31 Å². The average molecular weight is 333 g/mol. The molecular weight excluding hydrogens is 318 g/mol. The Morgan fingerprint density at radius 3 is 2.50 bits per heavy atom. The fourth-order valence-corrected chi connectivity index (χ4v) is 4.40. The van der Waals surface area contributed by atoms with Crippen LogP contribution in [0.15, 0.2) is 53.4 Å². The van der Waals surface area contributed by atoms with Crippen molar-refractivity contribution in [3.63, 3.8) is 0 Å². The molecule has 1 atom stereocenters. The SMILES string of the molecule is C[C@@H](c1ccccc1)N(C)S(=O)(=O)c1cccc2nsnc12. The van der Waals surface area contributed by atoms with Crippen LogP contribution in [0.2, 0.25) is 0 Å². The number of sulfonamides is 1. The second-order valence-corrected chi connectivity index (χ2v) is 7.49. The van der Waals surface area contributed by atoms with Crippen molar-refractivity contribution in [1.29, 1.82) is 0 Å². The third-order valence-corrected chi connectivity index (χ3v) is 6.24. The molecule has 0 aliphatic rings. The zero-order chi connectivity index (χ0) is 15.7. The zero-order valence-corrected chi connectivity index (χ0v) is 13.8. The number of fused-ring (bicyclic) bond motifs is 1. The maximum Gasteiger partial charge on any atom is 0.245 e. The molecule has 3 rings (SSSR count). The van der Waals surface area contributed by atoms with E-state index in [2.05, 4.69) is 8.75 Å². The zero-order valence-electron chi connectivity index (χ0n) is 12.2. The first-order valence-electron chi connectivity index (χ1n) is 6.76. The van der Waals surface area contributed by atoms with Crippen molar-refractivity contribution in [3.8, 4) is 0 Å². The molecule has 0 amide bonds. The Morgan fingerprint density at radius 1 is 1.05 bits per heavy atom. The highest BCUT2D eigenvalue weighted by molar-refractivity contribution is 7.89. The molecule has 0 saturated heterocycles. The summed E-state index contributed by atoms with van der Waals surface area (Å²) < 4.78 is 35.4. The molecule has 0 bridgehead atoms. The summed E-state index contributed by atoms with van der Waals surface area (Å²) in [6.07, 6.45) is 0. The van der Waals surface area contributed by atoms with Crippen LogP contribution in [0, 0.1) is 0 Å². The standard InChI is InChI=1S/C15H15N3O2S2/c1-11(12-7-4-3-5-8-12)18(2)22(19,20)14-10-6-9-13-15(14)17-21-16-13/h3-11H,1-2H3/t11-/m0/s1. The number of nitrogens with zero attached hydrogens (tertiary/aromatic N) is 3. The smallest absolute Gasteiger partial charge is 0.207 e. The van der Waals surface area contributed by atoms with Crippen LogP contribution in [0.4, 0.5) is 0 Å². The van der Waals surface area contributed by atoms with Crippen LogP contribution in [0.5, 0.6) is 0 Å². The van der Waals surface area contributed by atoms with Crippen LogP contribution in [0.3, 0.4) is 0 Å². The van der Waals surface area contributed by atoms with Crippen molar-refractivity contribution in [3.05, 3.63) is 54.1 Å². The lowest BCUT2D eigenvalue weighted by Crippen LogP contribution is -2.30. The number of aromatic nitrogens is 2. The molecule has 0 spiro atoms. The van der Waals surface area contributed by atoms with Crippen molar-refractivity contribution in [1.82, 2.24) is 13.1 Å². The molecule has 0 radical (unpaired) electrons. The molecule has 114 valence electrons. The first-order chi connectivity index (χ1) is 10.5. The largest absolute Gasteiger partial charge is 0.245 e. The highest BCUT2D eigenvalue weighted by atomic mass is 32.2. The summed E-state index contributed by atoms with van der Waals surface area (Å²) in [4.78, 5) is 0.198. The Kier molecular flexibility index (Phi) is 3.94. The Balaban J connectivity index is 2.04. The van der Waals surface area contributed by atoms with Crippen molar-refractivity contribution >= 4 is 32.8 Å². The Labute approximate surface area is 133 Å². The van der Waals surface area contributed by atoms with Crippen LogP contribution in [-0.4, -0.2) is 28.5 Å². The second kappa shape index (κ2) is 5.75. The summed E-state index contributed by atoms with van der Waals surface area (Å²) in [5.74, 6) is 0. The van der Waals surface area contributed by atoms with Crippen molar-refractivity contribution in [2.45, 2.75) is 17.9 Å². The fourth-order valence-electron chi connectivity index (χ4n) is 2.29. The molecule has 0 fully saturated rings. The minimum absolute atomic E-state index is 0.198. The summed E-state index contributed by atoms with van der Waals surface area (Å²) in [6, 6.07) is 14.3. The van der Waals surface area contributed by atoms with Gasteiger partial charge in [0.05, 0.1) is 11.7 Å². The highest BCUT2D eigenvalue weighted by Gasteiger charge is 2.28. The van der Waals surface area contributed by atoms with E-state index in [0.29, 0.717) is 11.0 Å². The molecule has 5 nitrogen and oxygen atoms in total. The van der Waals surface area contributed by atoms with E-state index in [0.717, 1.165) is 17.3 Å². The Hall–Kier alpha value is -1.83. The predicted octanol–water partition coefficient (Wildman–Crippen LogP) is 3.07. The molecule has 0 aliphatic carbocycles. The van der Waals surface area contributed by atoms with Crippen LogP contribution in [-0.2, 0) is 10.0 Å². The van der Waals surface area contributed by atoms with Crippen LogP contribution >= 0.6 is 11.7 Å². The van der Waals surface area contributed by atoms with Gasteiger partial charge in [0, 0.05) is 13.1 Å². The first kappa shape index (κ1) is 15.1. The molecule has 0 N–H and O–H groups in total. The van der Waals surface area contributed by atoms with Crippen molar-refractivity contribution in [2.24, 2.45) is 0 Å². The molecular formula is C15H15N3O2S2. The normalized spacial score (nSPS) is 13.6. The van der Waals surface area contributed by atoms with Gasteiger partial charge in [-0.3, -0.25) is 0 Å². The van der Waals surface area contributed by atoms with Gasteiger partial charge >= 0.3 is 0 Å². The molecule has 0 aliphatic heterocycles. The maximum absolute atomic E-state index is 12.9. The third-order valence-electron chi connectivity index (χ3n) is 3.73. The third kappa shape index (κ3) is 2.51. The van der Waals surface area contributed by atoms with E-state index in [1.54, 1.807) is 25.2 Å². The molecule has 1 aromatic heterocycles. The van der Waals surface area contributed by atoms with Gasteiger partial charge in [-0.1, -0.05) is 36.4 Å². The van der Waals surface area contributed by atoms with E-state index in [-0.39, 0.29) is 10.9 Å². The first-order valence-corrected chi connectivity index (χ1v) is 8.93. The second-order valence-electron chi connectivity index (χ2n) is 5.00. The Bertz CT molecular complexity index is 891. The van der Waals surface area contributed by atoms with Gasteiger partial charge in [0.2, 0.25) is 10.0 Å². The minimum Gasteiger partial charge on any atom is -0.207 e. The molecule has 0 unspecified atom stereocenters. The van der Waals surface area contributed by atoms with Crippen LogP contribution in [0.1, 0.15) is 18.5 Å². The molecule has 3 aromatic rings. The molecule has 22 heavy (non-hydrogen) atoms. The summed E-state index contributed by atoms with van der Waals surface area (Å²) in [5, 5.41) is 0. The summed E-state index contributed by atoms with van der Waals surface area (Å²) in [5.41, 5.74) is 1.98. The van der Waals surface area contributed by atoms with E-state index in [1.807, 2.05) is 37.3 Å². The summed E-state index contributed by atoms with van der Waals surface area (Å²) in [7, 11) is -2.06. The lowest BCUT2D eigenvalue weighted by Gasteiger charge is -2.24. The van der Waals surface area contributed by atoms with E-state index in [9.17, 15) is 8.42 Å². The van der Waals surface area contributed by atoms with Crippen LogP contribution < -0.4 is 0 Å². The van der Waals surface area contributed by atoms with Gasteiger partial charge in [-0.25, -0.2) is 8.42 Å². The number of hydrogen-bond donors (Lipinski definition) is 0. The van der Waals surface area contributed by atoms with Gasteiger partial charge in [0.15, 0.2) is 0 Å². The van der Waals surface area contributed by atoms with E-state index < -0.39 is 10.0 Å². The summed E-state index contributed by atoms with van der Waals surface area (Å²) in [6.45, 7) is 1.87. The lowest BCUT2D eigenvalue weighted by atomic mass is 10.1. The average Bonchev–Trinajstić information content (AvgIpc) is 3.02. The number of benzene rings is 2. The van der Waals surface area contributed by atoms with Gasteiger partial charge in [-0.15, -0.1) is 0 Å². The monoisotopic (exact) mass is 333 g/mol. The van der Waals surface area contributed by atoms with Gasteiger partial charge in [0.1, 0.15) is 15.9 Å². The van der Waals surface area contributed by atoms with Gasteiger partial charge in [0.25, 0.3) is 0 Å². The van der Waals surface area contributed by atoms with Gasteiger partial charge in [-0.05, 0) is 24.6 Å². The van der Waals surface area contributed by atoms with Gasteiger partial charge < -0.3 is 0 Å².